The number of hydrogen-bond donors (Lipinski definition) is 3. The third-order valence-electron chi connectivity index (χ3n) is 2.42. The van der Waals surface area contributed by atoms with Gasteiger partial charge in [-0.3, -0.25) is 4.68 Å². The van der Waals surface area contributed by atoms with Crippen LogP contribution in [0.3, 0.4) is 0 Å². The largest absolute Gasteiger partial charge is 0.396 e. The number of nitrogens with zero attached hydrogens (tertiary/aromatic N) is 2. The first-order valence-corrected chi connectivity index (χ1v) is 5.26. The maximum atomic E-state index is 8.91. The van der Waals surface area contributed by atoms with Crippen LogP contribution in [-0.2, 0) is 13.5 Å². The van der Waals surface area contributed by atoms with Crippen LogP contribution in [0.15, 0.2) is 0 Å². The Kier molecular flexibility index (Phi) is 3.96. The number of aromatic nitrogens is 2. The molecule has 15 heavy (non-hydrogen) atoms. The van der Waals surface area contributed by atoms with Gasteiger partial charge in [0.1, 0.15) is 5.82 Å². The molecule has 1 aromatic rings. The zero-order valence-corrected chi connectivity index (χ0v) is 9.62. The molecule has 1 rings (SSSR count). The summed E-state index contributed by atoms with van der Waals surface area (Å²) in [5.74, 6) is 1.05. The van der Waals surface area contributed by atoms with Crippen molar-refractivity contribution in [2.75, 3.05) is 24.2 Å². The van der Waals surface area contributed by atoms with Gasteiger partial charge in [-0.05, 0) is 12.3 Å². The maximum Gasteiger partial charge on any atom is 0.147 e. The standard InChI is InChI=1S/C10H20N4O/c1-4-8-9(11)10(14(3)13-8)12-5-7(2)6-15/h7,12,15H,4-6,11H2,1-3H3. The second-order valence-corrected chi connectivity index (χ2v) is 3.85. The lowest BCUT2D eigenvalue weighted by Crippen LogP contribution is -2.16. The van der Waals surface area contributed by atoms with Gasteiger partial charge in [-0.25, -0.2) is 0 Å². The van der Waals surface area contributed by atoms with Gasteiger partial charge in [-0.2, -0.15) is 5.10 Å². The van der Waals surface area contributed by atoms with E-state index < -0.39 is 0 Å². The molecule has 1 unspecified atom stereocenters. The molecule has 0 bridgehead atoms. The highest BCUT2D eigenvalue weighted by atomic mass is 16.3. The number of aliphatic hydroxyl groups is 1. The zero-order valence-electron chi connectivity index (χ0n) is 9.62. The highest BCUT2D eigenvalue weighted by Gasteiger charge is 2.11. The Morgan fingerprint density at radius 2 is 2.27 bits per heavy atom. The molecule has 86 valence electrons. The molecule has 0 aromatic carbocycles. The molecule has 4 N–H and O–H groups in total. The summed E-state index contributed by atoms with van der Waals surface area (Å²) in [6.45, 7) is 4.87. The molecule has 0 saturated carbocycles. The second-order valence-electron chi connectivity index (χ2n) is 3.85. The number of anilines is 2. The van der Waals surface area contributed by atoms with E-state index >= 15 is 0 Å². The molecule has 1 heterocycles. The Hall–Kier alpha value is -1.23. The fraction of sp³-hybridized carbons (Fsp3) is 0.700. The van der Waals surface area contributed by atoms with Gasteiger partial charge in [0.15, 0.2) is 0 Å². The van der Waals surface area contributed by atoms with Crippen molar-refractivity contribution in [2.45, 2.75) is 20.3 Å². The van der Waals surface area contributed by atoms with Crippen molar-refractivity contribution in [3.63, 3.8) is 0 Å². The minimum absolute atomic E-state index is 0.172. The molecule has 0 aliphatic carbocycles. The van der Waals surface area contributed by atoms with Gasteiger partial charge in [0, 0.05) is 20.2 Å². The lowest BCUT2D eigenvalue weighted by Gasteiger charge is -2.11. The van der Waals surface area contributed by atoms with Crippen molar-refractivity contribution in [2.24, 2.45) is 13.0 Å². The van der Waals surface area contributed by atoms with Gasteiger partial charge in [-0.15, -0.1) is 0 Å². The van der Waals surface area contributed by atoms with Crippen molar-refractivity contribution in [1.29, 1.82) is 0 Å². The van der Waals surface area contributed by atoms with Gasteiger partial charge in [0.25, 0.3) is 0 Å². The number of nitrogen functional groups attached to an aromatic ring is 1. The number of aryl methyl sites for hydroxylation is 2. The van der Waals surface area contributed by atoms with E-state index in [1.807, 2.05) is 20.9 Å². The van der Waals surface area contributed by atoms with Crippen molar-refractivity contribution < 1.29 is 5.11 Å². The molecule has 0 aliphatic rings. The Morgan fingerprint density at radius 3 is 2.73 bits per heavy atom. The number of nitrogens with one attached hydrogen (secondary N) is 1. The monoisotopic (exact) mass is 212 g/mol. The minimum Gasteiger partial charge on any atom is -0.396 e. The van der Waals surface area contributed by atoms with Crippen LogP contribution >= 0.6 is 0 Å². The van der Waals surface area contributed by atoms with E-state index in [0.29, 0.717) is 12.2 Å². The Labute approximate surface area is 90.3 Å². The molecular weight excluding hydrogens is 192 g/mol. The van der Waals surface area contributed by atoms with Crippen LogP contribution in [0.5, 0.6) is 0 Å². The van der Waals surface area contributed by atoms with Crippen molar-refractivity contribution >= 4 is 11.5 Å². The van der Waals surface area contributed by atoms with Crippen LogP contribution in [0.2, 0.25) is 0 Å². The summed E-state index contributed by atoms with van der Waals surface area (Å²) < 4.78 is 1.75. The van der Waals surface area contributed by atoms with Crippen molar-refractivity contribution in [1.82, 2.24) is 9.78 Å². The van der Waals surface area contributed by atoms with Gasteiger partial charge in [0.2, 0.25) is 0 Å². The lowest BCUT2D eigenvalue weighted by atomic mass is 10.2. The van der Waals surface area contributed by atoms with E-state index in [0.717, 1.165) is 17.9 Å². The molecule has 0 aliphatic heterocycles. The van der Waals surface area contributed by atoms with Crippen LogP contribution in [0.25, 0.3) is 0 Å². The molecule has 0 fully saturated rings. The van der Waals surface area contributed by atoms with E-state index in [4.69, 9.17) is 10.8 Å². The quantitative estimate of drug-likeness (QED) is 0.668. The Balaban J connectivity index is 2.72. The first-order chi connectivity index (χ1) is 7.10. The zero-order chi connectivity index (χ0) is 11.4. The smallest absolute Gasteiger partial charge is 0.147 e. The molecule has 0 radical (unpaired) electrons. The van der Waals surface area contributed by atoms with E-state index in [2.05, 4.69) is 10.4 Å². The minimum atomic E-state index is 0.172. The molecule has 1 atom stereocenters. The highest BCUT2D eigenvalue weighted by molar-refractivity contribution is 5.64. The second kappa shape index (κ2) is 5.02. The van der Waals surface area contributed by atoms with E-state index in [-0.39, 0.29) is 12.5 Å². The average Bonchev–Trinajstić information content (AvgIpc) is 2.51. The van der Waals surface area contributed by atoms with E-state index in [1.54, 1.807) is 4.68 Å². The first kappa shape index (κ1) is 11.8. The van der Waals surface area contributed by atoms with Crippen LogP contribution in [0, 0.1) is 5.92 Å². The van der Waals surface area contributed by atoms with Gasteiger partial charge >= 0.3 is 0 Å². The predicted octanol–water partition coefficient (Wildman–Crippen LogP) is 0.605. The first-order valence-electron chi connectivity index (χ1n) is 5.26. The van der Waals surface area contributed by atoms with Gasteiger partial charge < -0.3 is 16.2 Å². The van der Waals surface area contributed by atoms with Crippen LogP contribution in [0.4, 0.5) is 11.5 Å². The van der Waals surface area contributed by atoms with Crippen LogP contribution in [0.1, 0.15) is 19.5 Å². The number of aliphatic hydroxyl groups excluding tert-OH is 1. The third-order valence-corrected chi connectivity index (χ3v) is 2.42. The number of nitrogens with two attached hydrogens (primary N) is 1. The van der Waals surface area contributed by atoms with Crippen molar-refractivity contribution in [3.8, 4) is 0 Å². The van der Waals surface area contributed by atoms with Gasteiger partial charge in [-0.1, -0.05) is 13.8 Å². The summed E-state index contributed by atoms with van der Waals surface area (Å²) >= 11 is 0. The van der Waals surface area contributed by atoms with Crippen LogP contribution in [-0.4, -0.2) is 28.0 Å². The summed E-state index contributed by atoms with van der Waals surface area (Å²) in [6, 6.07) is 0. The highest BCUT2D eigenvalue weighted by Crippen LogP contribution is 2.22. The van der Waals surface area contributed by atoms with E-state index in [1.165, 1.54) is 0 Å². The summed E-state index contributed by atoms with van der Waals surface area (Å²) in [4.78, 5) is 0. The summed E-state index contributed by atoms with van der Waals surface area (Å²) in [6.07, 6.45) is 0.830. The molecule has 1 aromatic heterocycles. The van der Waals surface area contributed by atoms with E-state index in [9.17, 15) is 0 Å². The Morgan fingerprint density at radius 1 is 1.60 bits per heavy atom. The fourth-order valence-corrected chi connectivity index (χ4v) is 1.40. The summed E-state index contributed by atoms with van der Waals surface area (Å²) in [5.41, 5.74) is 7.56. The predicted molar refractivity (Wildman–Crippen MR) is 61.7 cm³/mol. The average molecular weight is 212 g/mol. The van der Waals surface area contributed by atoms with Gasteiger partial charge in [0.05, 0.1) is 11.4 Å². The summed E-state index contributed by atoms with van der Waals surface area (Å²) in [5, 5.41) is 16.4. The lowest BCUT2D eigenvalue weighted by molar-refractivity contribution is 0.244. The van der Waals surface area contributed by atoms with Crippen LogP contribution < -0.4 is 11.1 Å². The molecule has 0 amide bonds. The number of hydrogen-bond acceptors (Lipinski definition) is 4. The SMILES string of the molecule is CCc1nn(C)c(NCC(C)CO)c1N. The Bertz CT molecular complexity index is 321. The topological polar surface area (TPSA) is 76.1 Å². The fourth-order valence-electron chi connectivity index (χ4n) is 1.40. The normalized spacial score (nSPS) is 12.8. The molecule has 0 spiro atoms. The summed E-state index contributed by atoms with van der Waals surface area (Å²) in [7, 11) is 1.86. The molecule has 5 heteroatoms. The number of rotatable bonds is 5. The molecule has 0 saturated heterocycles. The third kappa shape index (κ3) is 2.62. The molecular formula is C10H20N4O. The molecule has 5 nitrogen and oxygen atoms in total. The van der Waals surface area contributed by atoms with Crippen molar-refractivity contribution in [3.05, 3.63) is 5.69 Å². The maximum absolute atomic E-state index is 8.91.